The van der Waals surface area contributed by atoms with E-state index < -0.39 is 0 Å². The number of hydrogen-bond donors (Lipinski definition) is 1. The number of rotatable bonds is 0. The lowest BCUT2D eigenvalue weighted by Crippen LogP contribution is -1.82. The second kappa shape index (κ2) is 1.99. The second-order valence-corrected chi connectivity index (χ2v) is 2.52. The van der Waals surface area contributed by atoms with Crippen molar-refractivity contribution in [3.63, 3.8) is 0 Å². The van der Waals surface area contributed by atoms with E-state index in [0.29, 0.717) is 0 Å². The summed E-state index contributed by atoms with van der Waals surface area (Å²) in [6.07, 6.45) is 0. The summed E-state index contributed by atoms with van der Waals surface area (Å²) >= 11 is 0. The fourth-order valence-electron chi connectivity index (χ4n) is 1.08. The molecule has 1 aromatic heterocycles. The maximum Gasteiger partial charge on any atom is 0.167 e. The van der Waals surface area contributed by atoms with Gasteiger partial charge in [0.2, 0.25) is 0 Å². The lowest BCUT2D eigenvalue weighted by atomic mass is 10.2. The molecule has 3 heteroatoms. The van der Waals surface area contributed by atoms with Gasteiger partial charge >= 0.3 is 0 Å². The maximum atomic E-state index is 5.58. The highest BCUT2D eigenvalue weighted by molar-refractivity contribution is 5.82. The molecule has 3 nitrogen and oxygen atoms in total. The van der Waals surface area contributed by atoms with Crippen molar-refractivity contribution in [2.24, 2.45) is 0 Å². The van der Waals surface area contributed by atoms with Crippen molar-refractivity contribution in [1.29, 1.82) is 0 Å². The van der Waals surface area contributed by atoms with Crippen LogP contribution in [-0.2, 0) is 0 Å². The molecule has 56 valence electrons. The van der Waals surface area contributed by atoms with Crippen LogP contribution in [0.2, 0.25) is 0 Å². The van der Waals surface area contributed by atoms with Crippen LogP contribution in [0.5, 0.6) is 0 Å². The Labute approximate surface area is 63.8 Å². The molecule has 2 aromatic rings. The maximum absolute atomic E-state index is 5.58. The summed E-state index contributed by atoms with van der Waals surface area (Å²) in [5.74, 6) is 0. The monoisotopic (exact) mass is 148 g/mol. The zero-order valence-corrected chi connectivity index (χ0v) is 6.16. The number of benzene rings is 1. The molecule has 1 heterocycles. The molecule has 1 aromatic carbocycles. The van der Waals surface area contributed by atoms with Gasteiger partial charge < -0.3 is 10.3 Å². The van der Waals surface area contributed by atoms with Crippen LogP contribution in [0.4, 0.5) is 5.69 Å². The number of hydrogen-bond acceptors (Lipinski definition) is 3. The minimum absolute atomic E-state index is 0.740. The number of nitrogens with two attached hydrogens (primary N) is 1. The molecular formula is C8H8N2O. The average Bonchev–Trinajstić information content (AvgIpc) is 2.33. The normalized spacial score (nSPS) is 10.6. The minimum Gasteiger partial charge on any atom is -0.399 e. The van der Waals surface area contributed by atoms with Crippen molar-refractivity contribution in [2.45, 2.75) is 6.92 Å². The van der Waals surface area contributed by atoms with Crippen LogP contribution in [0.15, 0.2) is 22.7 Å². The third-order valence-electron chi connectivity index (χ3n) is 1.67. The van der Waals surface area contributed by atoms with E-state index in [9.17, 15) is 0 Å². The van der Waals surface area contributed by atoms with E-state index >= 15 is 0 Å². The summed E-state index contributed by atoms with van der Waals surface area (Å²) in [4.78, 5) is 0. The molecule has 0 bridgehead atoms. The van der Waals surface area contributed by atoms with Crippen molar-refractivity contribution in [2.75, 3.05) is 5.73 Å². The molecule has 0 spiro atoms. The molecule has 0 unspecified atom stereocenters. The van der Waals surface area contributed by atoms with Crippen molar-refractivity contribution >= 4 is 16.7 Å². The Kier molecular flexibility index (Phi) is 1.12. The molecular weight excluding hydrogens is 140 g/mol. The van der Waals surface area contributed by atoms with E-state index in [-0.39, 0.29) is 0 Å². The molecule has 2 rings (SSSR count). The van der Waals surface area contributed by atoms with Gasteiger partial charge in [-0.3, -0.25) is 0 Å². The van der Waals surface area contributed by atoms with Gasteiger partial charge in [-0.1, -0.05) is 5.16 Å². The number of nitrogen functional groups attached to an aromatic ring is 1. The van der Waals surface area contributed by atoms with Gasteiger partial charge in [-0.2, -0.15) is 0 Å². The fraction of sp³-hybridized carbons (Fsp3) is 0.125. The largest absolute Gasteiger partial charge is 0.399 e. The van der Waals surface area contributed by atoms with E-state index in [1.165, 1.54) is 0 Å². The van der Waals surface area contributed by atoms with Crippen molar-refractivity contribution in [1.82, 2.24) is 5.16 Å². The lowest BCUT2D eigenvalue weighted by Gasteiger charge is -1.89. The van der Waals surface area contributed by atoms with E-state index in [2.05, 4.69) is 5.16 Å². The second-order valence-electron chi connectivity index (χ2n) is 2.52. The van der Waals surface area contributed by atoms with Crippen LogP contribution < -0.4 is 5.73 Å². The Balaban J connectivity index is 2.87. The van der Waals surface area contributed by atoms with Crippen LogP contribution >= 0.6 is 0 Å². The first-order chi connectivity index (χ1) is 5.27. The van der Waals surface area contributed by atoms with Crippen molar-refractivity contribution < 1.29 is 4.52 Å². The standard InChI is InChI=1S/C8H8N2O/c1-5-7-4-6(9)2-3-8(7)11-10-5/h2-4H,9H2,1H3. The first-order valence-electron chi connectivity index (χ1n) is 3.39. The van der Waals surface area contributed by atoms with E-state index in [1.54, 1.807) is 6.07 Å². The SMILES string of the molecule is Cc1noc2ccc(N)cc12. The quantitative estimate of drug-likeness (QED) is 0.578. The Morgan fingerprint density at radius 3 is 3.09 bits per heavy atom. The van der Waals surface area contributed by atoms with Crippen LogP contribution in [-0.4, -0.2) is 5.16 Å². The summed E-state index contributed by atoms with van der Waals surface area (Å²) in [5, 5.41) is 4.80. The number of fused-ring (bicyclic) bond motifs is 1. The molecule has 0 aliphatic heterocycles. The van der Waals surface area contributed by atoms with Gasteiger partial charge in [0, 0.05) is 11.1 Å². The predicted molar refractivity (Wildman–Crippen MR) is 43.2 cm³/mol. The first-order valence-corrected chi connectivity index (χ1v) is 3.39. The Morgan fingerprint density at radius 2 is 2.27 bits per heavy atom. The molecule has 11 heavy (non-hydrogen) atoms. The Hall–Kier alpha value is -1.51. The number of aromatic nitrogens is 1. The van der Waals surface area contributed by atoms with Gasteiger partial charge in [-0.05, 0) is 25.1 Å². The summed E-state index contributed by atoms with van der Waals surface area (Å²) in [6.45, 7) is 1.89. The van der Waals surface area contributed by atoms with Crippen molar-refractivity contribution in [3.8, 4) is 0 Å². The fourth-order valence-corrected chi connectivity index (χ4v) is 1.08. The third-order valence-corrected chi connectivity index (χ3v) is 1.67. The molecule has 0 aliphatic rings. The lowest BCUT2D eigenvalue weighted by molar-refractivity contribution is 0.450. The molecule has 0 fully saturated rings. The molecule has 0 saturated carbocycles. The predicted octanol–water partition coefficient (Wildman–Crippen LogP) is 1.72. The molecule has 0 atom stereocenters. The van der Waals surface area contributed by atoms with Gasteiger partial charge in [-0.25, -0.2) is 0 Å². The first kappa shape index (κ1) is 6.22. The van der Waals surface area contributed by atoms with E-state index in [1.807, 2.05) is 19.1 Å². The highest BCUT2D eigenvalue weighted by atomic mass is 16.5. The highest BCUT2D eigenvalue weighted by Crippen LogP contribution is 2.19. The van der Waals surface area contributed by atoms with Gasteiger partial charge in [0.25, 0.3) is 0 Å². The Morgan fingerprint density at radius 1 is 1.45 bits per heavy atom. The zero-order chi connectivity index (χ0) is 7.84. The topological polar surface area (TPSA) is 52.0 Å². The van der Waals surface area contributed by atoms with E-state index in [0.717, 1.165) is 22.4 Å². The van der Waals surface area contributed by atoms with Crippen LogP contribution in [0.3, 0.4) is 0 Å². The smallest absolute Gasteiger partial charge is 0.167 e. The van der Waals surface area contributed by atoms with Gasteiger partial charge in [0.1, 0.15) is 0 Å². The molecule has 0 amide bonds. The van der Waals surface area contributed by atoms with Gasteiger partial charge in [0.05, 0.1) is 5.69 Å². The van der Waals surface area contributed by atoms with Gasteiger partial charge in [0.15, 0.2) is 5.58 Å². The third kappa shape index (κ3) is 0.852. The summed E-state index contributed by atoms with van der Waals surface area (Å²) in [7, 11) is 0. The van der Waals surface area contributed by atoms with Crippen molar-refractivity contribution in [3.05, 3.63) is 23.9 Å². The molecule has 0 radical (unpaired) electrons. The van der Waals surface area contributed by atoms with Gasteiger partial charge in [-0.15, -0.1) is 0 Å². The highest BCUT2D eigenvalue weighted by Gasteiger charge is 2.02. The number of aryl methyl sites for hydroxylation is 1. The number of anilines is 1. The average molecular weight is 148 g/mol. The van der Waals surface area contributed by atoms with Crippen LogP contribution in [0.1, 0.15) is 5.69 Å². The van der Waals surface area contributed by atoms with Crippen LogP contribution in [0, 0.1) is 6.92 Å². The minimum atomic E-state index is 0.740. The summed E-state index contributed by atoms with van der Waals surface area (Å²) in [6, 6.07) is 5.48. The summed E-state index contributed by atoms with van der Waals surface area (Å²) in [5.41, 5.74) is 7.99. The molecule has 2 N–H and O–H groups in total. The number of nitrogens with zero attached hydrogens (tertiary/aromatic N) is 1. The van der Waals surface area contributed by atoms with Crippen LogP contribution in [0.25, 0.3) is 11.0 Å². The Bertz CT molecular complexity index is 392. The molecule has 0 saturated heterocycles. The molecule has 0 aliphatic carbocycles. The van der Waals surface area contributed by atoms with E-state index in [4.69, 9.17) is 10.3 Å². The zero-order valence-electron chi connectivity index (χ0n) is 6.16. The summed E-state index contributed by atoms with van der Waals surface area (Å²) < 4.78 is 5.00.